The van der Waals surface area contributed by atoms with Crippen molar-refractivity contribution < 1.29 is 14.3 Å². The third-order valence-electron chi connectivity index (χ3n) is 3.77. The summed E-state index contributed by atoms with van der Waals surface area (Å²) >= 11 is 0. The van der Waals surface area contributed by atoms with Gasteiger partial charge in [0.25, 0.3) is 0 Å². The lowest BCUT2D eigenvalue weighted by atomic mass is 10.1. The summed E-state index contributed by atoms with van der Waals surface area (Å²) in [4.78, 5) is 12.1. The number of aryl methyl sites for hydroxylation is 1. The fourth-order valence-corrected chi connectivity index (χ4v) is 2.33. The van der Waals surface area contributed by atoms with Gasteiger partial charge in [0.1, 0.15) is 0 Å². The first-order valence-corrected chi connectivity index (χ1v) is 7.80. The van der Waals surface area contributed by atoms with E-state index in [1.807, 2.05) is 56.3 Å². The standard InChI is InChI=1S/C20H23NO3/c1-14-5-9-17(10-6-14)15(2)21-20(22)12-8-16-7-11-18(23-3)19(13-16)24-4/h5-13,15H,1-4H3,(H,21,22)/b12-8+/t15-/m0/s1. The molecule has 2 aromatic carbocycles. The number of benzene rings is 2. The second-order valence-corrected chi connectivity index (χ2v) is 5.59. The lowest BCUT2D eigenvalue weighted by Crippen LogP contribution is -2.24. The van der Waals surface area contributed by atoms with Gasteiger partial charge in [-0.05, 0) is 43.2 Å². The summed E-state index contributed by atoms with van der Waals surface area (Å²) in [6, 6.07) is 13.6. The number of hydrogen-bond donors (Lipinski definition) is 1. The molecule has 0 unspecified atom stereocenters. The van der Waals surface area contributed by atoms with Crippen molar-refractivity contribution in [2.75, 3.05) is 14.2 Å². The molecular formula is C20H23NO3. The number of hydrogen-bond acceptors (Lipinski definition) is 3. The zero-order valence-electron chi connectivity index (χ0n) is 14.5. The topological polar surface area (TPSA) is 47.6 Å². The molecule has 0 saturated heterocycles. The van der Waals surface area contributed by atoms with Crippen LogP contribution < -0.4 is 14.8 Å². The van der Waals surface area contributed by atoms with Crippen molar-refractivity contribution in [3.63, 3.8) is 0 Å². The molecule has 24 heavy (non-hydrogen) atoms. The molecule has 1 amide bonds. The van der Waals surface area contributed by atoms with Crippen LogP contribution in [0.2, 0.25) is 0 Å². The smallest absolute Gasteiger partial charge is 0.244 e. The fourth-order valence-electron chi connectivity index (χ4n) is 2.33. The average Bonchev–Trinajstić information content (AvgIpc) is 2.60. The molecule has 0 radical (unpaired) electrons. The van der Waals surface area contributed by atoms with E-state index in [2.05, 4.69) is 5.32 Å². The van der Waals surface area contributed by atoms with Gasteiger partial charge < -0.3 is 14.8 Å². The lowest BCUT2D eigenvalue weighted by Gasteiger charge is -2.13. The monoisotopic (exact) mass is 325 g/mol. The molecule has 0 aromatic heterocycles. The van der Waals surface area contributed by atoms with Gasteiger partial charge in [0.15, 0.2) is 11.5 Å². The lowest BCUT2D eigenvalue weighted by molar-refractivity contribution is -0.117. The van der Waals surface area contributed by atoms with Crippen LogP contribution >= 0.6 is 0 Å². The van der Waals surface area contributed by atoms with E-state index in [9.17, 15) is 4.79 Å². The highest BCUT2D eigenvalue weighted by Crippen LogP contribution is 2.27. The molecule has 0 bridgehead atoms. The maximum Gasteiger partial charge on any atom is 0.244 e. The minimum atomic E-state index is -0.141. The van der Waals surface area contributed by atoms with E-state index in [4.69, 9.17) is 9.47 Å². The summed E-state index contributed by atoms with van der Waals surface area (Å²) in [5.41, 5.74) is 3.14. The third kappa shape index (κ3) is 4.62. The van der Waals surface area contributed by atoms with E-state index in [-0.39, 0.29) is 11.9 Å². The summed E-state index contributed by atoms with van der Waals surface area (Å²) in [6.45, 7) is 4.01. The SMILES string of the molecule is COc1ccc(/C=C/C(=O)N[C@@H](C)c2ccc(C)cc2)cc1OC. The molecule has 0 aliphatic rings. The van der Waals surface area contributed by atoms with E-state index in [1.165, 1.54) is 11.6 Å². The molecule has 0 aliphatic carbocycles. The van der Waals surface area contributed by atoms with E-state index >= 15 is 0 Å². The number of ether oxygens (including phenoxy) is 2. The second-order valence-electron chi connectivity index (χ2n) is 5.59. The highest BCUT2D eigenvalue weighted by molar-refractivity contribution is 5.92. The van der Waals surface area contributed by atoms with Crippen LogP contribution in [0.25, 0.3) is 6.08 Å². The maximum absolute atomic E-state index is 12.1. The summed E-state index contributed by atoms with van der Waals surface area (Å²) in [5, 5.41) is 2.96. The van der Waals surface area contributed by atoms with Crippen LogP contribution in [0.5, 0.6) is 11.5 Å². The Bertz CT molecular complexity index is 720. The predicted octanol–water partition coefficient (Wildman–Crippen LogP) is 3.90. The molecule has 0 aliphatic heterocycles. The van der Waals surface area contributed by atoms with Gasteiger partial charge in [0.2, 0.25) is 5.91 Å². The fraction of sp³-hybridized carbons (Fsp3) is 0.250. The number of carbonyl (C=O) groups excluding carboxylic acids is 1. The minimum Gasteiger partial charge on any atom is -0.493 e. The molecule has 2 aromatic rings. The summed E-state index contributed by atoms with van der Waals surface area (Å²) in [5.74, 6) is 1.15. The quantitative estimate of drug-likeness (QED) is 0.819. The first-order valence-electron chi connectivity index (χ1n) is 7.80. The van der Waals surface area contributed by atoms with Gasteiger partial charge in [-0.1, -0.05) is 35.9 Å². The van der Waals surface area contributed by atoms with Crippen molar-refractivity contribution in [3.05, 3.63) is 65.2 Å². The van der Waals surface area contributed by atoms with E-state index in [0.29, 0.717) is 11.5 Å². The van der Waals surface area contributed by atoms with Gasteiger partial charge in [-0.2, -0.15) is 0 Å². The Labute approximate surface area is 143 Å². The molecule has 0 fully saturated rings. The zero-order valence-corrected chi connectivity index (χ0v) is 14.5. The molecular weight excluding hydrogens is 302 g/mol. The van der Waals surface area contributed by atoms with Gasteiger partial charge in [-0.3, -0.25) is 4.79 Å². The van der Waals surface area contributed by atoms with Gasteiger partial charge in [-0.25, -0.2) is 0 Å². The molecule has 0 spiro atoms. The van der Waals surface area contributed by atoms with Gasteiger partial charge >= 0.3 is 0 Å². The Balaban J connectivity index is 2.01. The zero-order chi connectivity index (χ0) is 17.5. The Morgan fingerprint density at radius 2 is 1.71 bits per heavy atom. The Kier molecular flexibility index (Phi) is 6.01. The first kappa shape index (κ1) is 17.6. The van der Waals surface area contributed by atoms with Gasteiger partial charge in [0.05, 0.1) is 20.3 Å². The number of amides is 1. The minimum absolute atomic E-state index is 0.0480. The van der Waals surface area contributed by atoms with E-state index in [0.717, 1.165) is 11.1 Å². The van der Waals surface area contributed by atoms with E-state index in [1.54, 1.807) is 20.3 Å². The maximum atomic E-state index is 12.1. The molecule has 1 N–H and O–H groups in total. The van der Waals surface area contributed by atoms with E-state index < -0.39 is 0 Å². The van der Waals surface area contributed by atoms with Crippen LogP contribution in [-0.2, 0) is 4.79 Å². The Morgan fingerprint density at radius 1 is 1.04 bits per heavy atom. The van der Waals surface area contributed by atoms with Crippen LogP contribution in [0.15, 0.2) is 48.5 Å². The molecule has 0 saturated carbocycles. The van der Waals surface area contributed by atoms with Crippen LogP contribution in [0, 0.1) is 6.92 Å². The number of methoxy groups -OCH3 is 2. The third-order valence-corrected chi connectivity index (χ3v) is 3.77. The Morgan fingerprint density at radius 3 is 2.33 bits per heavy atom. The molecule has 126 valence electrons. The molecule has 1 atom stereocenters. The highest BCUT2D eigenvalue weighted by atomic mass is 16.5. The van der Waals surface area contributed by atoms with Crippen molar-refractivity contribution in [1.29, 1.82) is 0 Å². The van der Waals surface area contributed by atoms with Gasteiger partial charge in [0, 0.05) is 6.08 Å². The van der Waals surface area contributed by atoms with Crippen molar-refractivity contribution in [1.82, 2.24) is 5.32 Å². The van der Waals surface area contributed by atoms with Crippen LogP contribution in [0.4, 0.5) is 0 Å². The predicted molar refractivity (Wildman–Crippen MR) is 96.3 cm³/mol. The summed E-state index contributed by atoms with van der Waals surface area (Å²) < 4.78 is 10.5. The van der Waals surface area contributed by atoms with Crippen LogP contribution in [-0.4, -0.2) is 20.1 Å². The van der Waals surface area contributed by atoms with Crippen molar-refractivity contribution >= 4 is 12.0 Å². The van der Waals surface area contributed by atoms with Crippen molar-refractivity contribution in [2.24, 2.45) is 0 Å². The molecule has 0 heterocycles. The Hall–Kier alpha value is -2.75. The second kappa shape index (κ2) is 8.20. The molecule has 4 nitrogen and oxygen atoms in total. The molecule has 2 rings (SSSR count). The number of nitrogens with one attached hydrogen (secondary N) is 1. The molecule has 4 heteroatoms. The van der Waals surface area contributed by atoms with Crippen LogP contribution in [0.3, 0.4) is 0 Å². The average molecular weight is 325 g/mol. The number of rotatable bonds is 6. The van der Waals surface area contributed by atoms with Crippen molar-refractivity contribution in [2.45, 2.75) is 19.9 Å². The highest BCUT2D eigenvalue weighted by Gasteiger charge is 2.07. The first-order chi connectivity index (χ1) is 11.5. The number of carbonyl (C=O) groups is 1. The summed E-state index contributed by atoms with van der Waals surface area (Å²) in [6.07, 6.45) is 3.27. The normalized spacial score (nSPS) is 12.0. The van der Waals surface area contributed by atoms with Crippen LogP contribution in [0.1, 0.15) is 29.7 Å². The van der Waals surface area contributed by atoms with Gasteiger partial charge in [-0.15, -0.1) is 0 Å². The van der Waals surface area contributed by atoms with Crippen molar-refractivity contribution in [3.8, 4) is 11.5 Å². The largest absolute Gasteiger partial charge is 0.493 e. The summed E-state index contributed by atoms with van der Waals surface area (Å²) in [7, 11) is 3.18.